The van der Waals surface area contributed by atoms with Crippen LogP contribution in [-0.4, -0.2) is 19.9 Å². The molecular weight excluding hydrogens is 384 g/mol. The van der Waals surface area contributed by atoms with Crippen LogP contribution in [0.4, 0.5) is 0 Å². The molecule has 0 radical (unpaired) electrons. The highest BCUT2D eigenvalue weighted by Gasteiger charge is 2.18. The van der Waals surface area contributed by atoms with Gasteiger partial charge < -0.3 is 4.98 Å². The zero-order valence-electron chi connectivity index (χ0n) is 15.6. The molecule has 5 rings (SSSR count). The van der Waals surface area contributed by atoms with Gasteiger partial charge >= 0.3 is 0 Å². The molecular formula is C22H18N4S2. The number of para-hydroxylation sites is 2. The molecule has 0 bridgehead atoms. The second-order valence-corrected chi connectivity index (χ2v) is 8.76. The Bertz CT molecular complexity index is 1250. The zero-order valence-corrected chi connectivity index (χ0v) is 17.2. The van der Waals surface area contributed by atoms with Gasteiger partial charge in [0.1, 0.15) is 22.0 Å². The van der Waals surface area contributed by atoms with Crippen LogP contribution in [0.2, 0.25) is 0 Å². The zero-order chi connectivity index (χ0) is 19.1. The second kappa shape index (κ2) is 7.04. The largest absolute Gasteiger partial charge is 0.337 e. The van der Waals surface area contributed by atoms with Crippen LogP contribution in [0.3, 0.4) is 0 Å². The summed E-state index contributed by atoms with van der Waals surface area (Å²) in [5, 5.41) is 2.17. The lowest BCUT2D eigenvalue weighted by Crippen LogP contribution is -1.87. The number of hydrogen-bond donors (Lipinski definition) is 1. The van der Waals surface area contributed by atoms with E-state index in [4.69, 9.17) is 4.98 Å². The van der Waals surface area contributed by atoms with E-state index in [1.807, 2.05) is 18.2 Å². The molecule has 1 N–H and O–H groups in total. The third kappa shape index (κ3) is 3.08. The second-order valence-electron chi connectivity index (χ2n) is 6.79. The van der Waals surface area contributed by atoms with Gasteiger partial charge in [0.25, 0.3) is 0 Å². The number of rotatable bonds is 4. The van der Waals surface area contributed by atoms with Crippen LogP contribution < -0.4 is 0 Å². The maximum absolute atomic E-state index is 4.77. The van der Waals surface area contributed by atoms with E-state index < -0.39 is 0 Å². The lowest BCUT2D eigenvalue weighted by molar-refractivity contribution is 1.10. The Kier molecular flexibility index (Phi) is 4.37. The van der Waals surface area contributed by atoms with Crippen LogP contribution in [-0.2, 0) is 5.75 Å². The molecule has 0 fully saturated rings. The fourth-order valence-electron chi connectivity index (χ4n) is 3.27. The van der Waals surface area contributed by atoms with E-state index in [1.54, 1.807) is 29.4 Å². The first-order valence-electron chi connectivity index (χ1n) is 9.06. The Hall–Kier alpha value is -2.70. The van der Waals surface area contributed by atoms with Gasteiger partial charge in [0.15, 0.2) is 0 Å². The molecule has 0 saturated carbocycles. The topological polar surface area (TPSA) is 54.5 Å². The van der Waals surface area contributed by atoms with Crippen molar-refractivity contribution in [2.45, 2.75) is 24.6 Å². The minimum atomic E-state index is 0.891. The summed E-state index contributed by atoms with van der Waals surface area (Å²) in [4.78, 5) is 19.4. The standard InChI is InChI=1S/C22H18N4S2/c1-13-7-9-15(10-8-13)11-27-21-18-14(2)19(28-22(18)24-12-23-21)20-25-16-5-3-4-6-17(16)26-20/h3-10,12H,11H2,1-2H3,(H,25,26). The lowest BCUT2D eigenvalue weighted by atomic mass is 10.2. The van der Waals surface area contributed by atoms with Crippen molar-refractivity contribution in [2.75, 3.05) is 0 Å². The Morgan fingerprint density at radius 1 is 1.00 bits per heavy atom. The van der Waals surface area contributed by atoms with Gasteiger partial charge in [-0.25, -0.2) is 15.0 Å². The molecule has 0 unspecified atom stereocenters. The van der Waals surface area contributed by atoms with Crippen LogP contribution in [0.25, 0.3) is 32.0 Å². The Labute approximate surface area is 171 Å². The number of imidazole rings is 1. The van der Waals surface area contributed by atoms with Crippen LogP contribution in [0.5, 0.6) is 0 Å². The summed E-state index contributed by atoms with van der Waals surface area (Å²) >= 11 is 3.43. The van der Waals surface area contributed by atoms with Crippen LogP contribution in [0.1, 0.15) is 16.7 Å². The third-order valence-electron chi connectivity index (χ3n) is 4.79. The molecule has 0 amide bonds. The summed E-state index contributed by atoms with van der Waals surface area (Å²) in [5.41, 5.74) is 5.80. The Morgan fingerprint density at radius 3 is 2.64 bits per heavy atom. The average molecular weight is 403 g/mol. The van der Waals surface area contributed by atoms with Crippen molar-refractivity contribution in [1.82, 2.24) is 19.9 Å². The molecule has 138 valence electrons. The van der Waals surface area contributed by atoms with Crippen molar-refractivity contribution < 1.29 is 0 Å². The summed E-state index contributed by atoms with van der Waals surface area (Å²) in [6.45, 7) is 4.25. The predicted octanol–water partition coefficient (Wildman–Crippen LogP) is 6.14. The first-order chi connectivity index (χ1) is 13.7. The molecule has 0 aliphatic rings. The maximum atomic E-state index is 4.77. The molecule has 28 heavy (non-hydrogen) atoms. The van der Waals surface area contributed by atoms with E-state index in [1.165, 1.54) is 16.7 Å². The monoisotopic (exact) mass is 402 g/mol. The number of nitrogens with zero attached hydrogens (tertiary/aromatic N) is 3. The highest BCUT2D eigenvalue weighted by atomic mass is 32.2. The normalized spacial score (nSPS) is 11.5. The molecule has 0 saturated heterocycles. The number of hydrogen-bond acceptors (Lipinski definition) is 5. The lowest BCUT2D eigenvalue weighted by Gasteiger charge is -2.04. The van der Waals surface area contributed by atoms with Crippen molar-refractivity contribution in [3.8, 4) is 10.7 Å². The number of thiophene rings is 1. The minimum absolute atomic E-state index is 0.891. The van der Waals surface area contributed by atoms with Gasteiger partial charge in [-0.05, 0) is 37.1 Å². The van der Waals surface area contributed by atoms with Crippen LogP contribution in [0.15, 0.2) is 59.9 Å². The van der Waals surface area contributed by atoms with Gasteiger partial charge in [-0.3, -0.25) is 0 Å². The molecule has 0 atom stereocenters. The van der Waals surface area contributed by atoms with Crippen molar-refractivity contribution in [3.05, 3.63) is 71.5 Å². The van der Waals surface area contributed by atoms with E-state index in [0.717, 1.165) is 42.7 Å². The number of aromatic amines is 1. The number of H-pyrrole nitrogens is 1. The molecule has 5 aromatic rings. The number of nitrogens with one attached hydrogen (secondary N) is 1. The van der Waals surface area contributed by atoms with Crippen molar-refractivity contribution >= 4 is 44.3 Å². The van der Waals surface area contributed by atoms with E-state index >= 15 is 0 Å². The van der Waals surface area contributed by atoms with E-state index in [0.29, 0.717) is 0 Å². The highest BCUT2D eigenvalue weighted by Crippen LogP contribution is 2.40. The van der Waals surface area contributed by atoms with E-state index in [-0.39, 0.29) is 0 Å². The molecule has 0 aliphatic heterocycles. The van der Waals surface area contributed by atoms with Gasteiger partial charge in [0.05, 0.1) is 15.9 Å². The number of thioether (sulfide) groups is 1. The SMILES string of the molecule is Cc1ccc(CSc2ncnc3sc(-c4nc5ccccc5[nH]4)c(C)c23)cc1. The summed E-state index contributed by atoms with van der Waals surface area (Å²) in [7, 11) is 0. The van der Waals surface area contributed by atoms with Crippen LogP contribution >= 0.6 is 23.1 Å². The predicted molar refractivity (Wildman–Crippen MR) is 118 cm³/mol. The average Bonchev–Trinajstić information content (AvgIpc) is 3.29. The summed E-state index contributed by atoms with van der Waals surface area (Å²) in [6, 6.07) is 16.8. The van der Waals surface area contributed by atoms with Gasteiger partial charge in [0.2, 0.25) is 0 Å². The third-order valence-corrected chi connectivity index (χ3v) is 7.06. The fraction of sp³-hybridized carbons (Fsp3) is 0.136. The molecule has 6 heteroatoms. The minimum Gasteiger partial charge on any atom is -0.337 e. The van der Waals surface area contributed by atoms with Gasteiger partial charge in [0, 0.05) is 11.1 Å². The van der Waals surface area contributed by atoms with Crippen molar-refractivity contribution in [1.29, 1.82) is 0 Å². The van der Waals surface area contributed by atoms with E-state index in [2.05, 4.69) is 59.1 Å². The highest BCUT2D eigenvalue weighted by molar-refractivity contribution is 7.98. The molecule has 4 nitrogen and oxygen atoms in total. The maximum Gasteiger partial charge on any atom is 0.148 e. The Morgan fingerprint density at radius 2 is 1.82 bits per heavy atom. The molecule has 0 spiro atoms. The Balaban J connectivity index is 1.53. The van der Waals surface area contributed by atoms with E-state index in [9.17, 15) is 0 Å². The molecule has 3 aromatic heterocycles. The van der Waals surface area contributed by atoms with Gasteiger partial charge in [-0.1, -0.05) is 42.0 Å². The van der Waals surface area contributed by atoms with Crippen molar-refractivity contribution in [3.63, 3.8) is 0 Å². The van der Waals surface area contributed by atoms with Gasteiger partial charge in [-0.2, -0.15) is 0 Å². The smallest absolute Gasteiger partial charge is 0.148 e. The van der Waals surface area contributed by atoms with Gasteiger partial charge in [-0.15, -0.1) is 23.1 Å². The number of aromatic nitrogens is 4. The fourth-order valence-corrected chi connectivity index (χ4v) is 5.44. The first kappa shape index (κ1) is 17.4. The number of fused-ring (bicyclic) bond motifs is 2. The van der Waals surface area contributed by atoms with Crippen LogP contribution in [0, 0.1) is 13.8 Å². The summed E-state index contributed by atoms with van der Waals surface area (Å²) < 4.78 is 0. The first-order valence-corrected chi connectivity index (χ1v) is 10.9. The summed E-state index contributed by atoms with van der Waals surface area (Å²) in [6.07, 6.45) is 1.66. The molecule has 2 aromatic carbocycles. The number of aryl methyl sites for hydroxylation is 2. The summed E-state index contributed by atoms with van der Waals surface area (Å²) in [5.74, 6) is 1.79. The quantitative estimate of drug-likeness (QED) is 0.290. The molecule has 3 heterocycles. The number of benzene rings is 2. The van der Waals surface area contributed by atoms with Crippen molar-refractivity contribution in [2.24, 2.45) is 0 Å². The molecule has 0 aliphatic carbocycles.